The molecule has 2 aromatic rings. The van der Waals surface area contributed by atoms with E-state index in [4.69, 9.17) is 16.3 Å². The minimum absolute atomic E-state index is 0.0936. The van der Waals surface area contributed by atoms with Crippen LogP contribution in [0.5, 0.6) is 5.75 Å². The highest BCUT2D eigenvalue weighted by Gasteiger charge is 2.35. The Bertz CT molecular complexity index is 1020. The summed E-state index contributed by atoms with van der Waals surface area (Å²) in [4.78, 5) is 18.1. The first-order valence-corrected chi connectivity index (χ1v) is 11.1. The second-order valence-corrected chi connectivity index (χ2v) is 8.46. The lowest BCUT2D eigenvalue weighted by atomic mass is 10.0. The molecule has 0 atom stereocenters. The lowest BCUT2D eigenvalue weighted by molar-refractivity contribution is -0.134. The standard InChI is InChI=1S/C25H26ClFN2O2/c1-3-4-16-7-9-20(23(26)24(16)28-2)18-8-10-22(21(27)15-18)31-19-11-13-29(14-12-19)25(30)17-5-6-17/h3-4,7-10,15,17,19H,2,5-6,11-14H2,1H3/b4-3-. The molecule has 0 aromatic heterocycles. The molecule has 1 aliphatic heterocycles. The molecule has 2 fully saturated rings. The van der Waals surface area contributed by atoms with Crippen molar-refractivity contribution in [1.82, 2.24) is 4.90 Å². The summed E-state index contributed by atoms with van der Waals surface area (Å²) in [7, 11) is 0. The number of carbonyl (C=O) groups is 1. The molecule has 0 spiro atoms. The average molecular weight is 441 g/mol. The van der Waals surface area contributed by atoms with Gasteiger partial charge in [-0.15, -0.1) is 0 Å². The fourth-order valence-electron chi connectivity index (χ4n) is 4.00. The molecule has 0 bridgehead atoms. The topological polar surface area (TPSA) is 41.9 Å². The van der Waals surface area contributed by atoms with Crippen LogP contribution in [-0.4, -0.2) is 36.7 Å². The zero-order chi connectivity index (χ0) is 22.0. The number of nitrogens with zero attached hydrogens (tertiary/aromatic N) is 2. The minimum Gasteiger partial charge on any atom is -0.487 e. The number of aliphatic imine (C=N–C) groups is 1. The number of amides is 1. The summed E-state index contributed by atoms with van der Waals surface area (Å²) in [5, 5.41) is 0.436. The van der Waals surface area contributed by atoms with E-state index in [1.54, 1.807) is 12.1 Å². The number of allylic oxidation sites excluding steroid dienone is 1. The van der Waals surface area contributed by atoms with Gasteiger partial charge in [0.1, 0.15) is 6.10 Å². The summed E-state index contributed by atoms with van der Waals surface area (Å²) < 4.78 is 20.8. The van der Waals surface area contributed by atoms with Gasteiger partial charge in [0.2, 0.25) is 5.91 Å². The molecule has 1 heterocycles. The summed E-state index contributed by atoms with van der Waals surface area (Å²) in [6, 6.07) is 8.63. The van der Waals surface area contributed by atoms with Gasteiger partial charge in [0.05, 0.1) is 10.7 Å². The number of hydrogen-bond acceptors (Lipinski definition) is 3. The maximum absolute atomic E-state index is 14.8. The van der Waals surface area contributed by atoms with E-state index in [2.05, 4.69) is 11.7 Å². The SMILES string of the molecule is C=Nc1c(/C=C\C)ccc(-c2ccc(OC3CCN(C(=O)C4CC4)CC3)c(F)c2)c1Cl. The van der Waals surface area contributed by atoms with Gasteiger partial charge in [0.15, 0.2) is 11.6 Å². The summed E-state index contributed by atoms with van der Waals surface area (Å²) in [6.45, 7) is 6.87. The van der Waals surface area contributed by atoms with Crippen molar-refractivity contribution in [3.05, 3.63) is 52.8 Å². The number of piperidine rings is 1. The van der Waals surface area contributed by atoms with E-state index in [0.717, 1.165) is 18.4 Å². The number of rotatable bonds is 6. The Hall–Kier alpha value is -2.66. The molecule has 1 saturated heterocycles. The van der Waals surface area contributed by atoms with Gasteiger partial charge in [0.25, 0.3) is 0 Å². The van der Waals surface area contributed by atoms with Crippen molar-refractivity contribution in [2.24, 2.45) is 10.9 Å². The van der Waals surface area contributed by atoms with Crippen LogP contribution in [0.3, 0.4) is 0 Å². The Labute approximate surface area is 187 Å². The van der Waals surface area contributed by atoms with E-state index in [0.29, 0.717) is 47.8 Å². The maximum atomic E-state index is 14.8. The molecule has 1 saturated carbocycles. The lowest BCUT2D eigenvalue weighted by Gasteiger charge is -2.32. The van der Waals surface area contributed by atoms with Crippen molar-refractivity contribution in [1.29, 1.82) is 0 Å². The van der Waals surface area contributed by atoms with E-state index >= 15 is 0 Å². The number of ether oxygens (including phenoxy) is 1. The molecular weight excluding hydrogens is 415 g/mol. The zero-order valence-corrected chi connectivity index (χ0v) is 18.4. The van der Waals surface area contributed by atoms with Crippen LogP contribution in [-0.2, 0) is 4.79 Å². The predicted octanol–water partition coefficient (Wildman–Crippen LogP) is 6.29. The Morgan fingerprint density at radius 2 is 1.97 bits per heavy atom. The number of likely N-dealkylation sites (tertiary alicyclic amines) is 1. The summed E-state index contributed by atoms with van der Waals surface area (Å²) >= 11 is 6.54. The van der Waals surface area contributed by atoms with Gasteiger partial charge in [-0.25, -0.2) is 4.39 Å². The Kier molecular flexibility index (Phi) is 6.42. The van der Waals surface area contributed by atoms with E-state index in [1.807, 2.05) is 36.1 Å². The van der Waals surface area contributed by atoms with Crippen LogP contribution in [0.15, 0.2) is 41.4 Å². The molecule has 0 unspecified atom stereocenters. The molecule has 162 valence electrons. The Morgan fingerprint density at radius 1 is 1.23 bits per heavy atom. The predicted molar refractivity (Wildman–Crippen MR) is 124 cm³/mol. The Morgan fingerprint density at radius 3 is 2.58 bits per heavy atom. The quantitative estimate of drug-likeness (QED) is 0.495. The normalized spacial score (nSPS) is 17.2. The van der Waals surface area contributed by atoms with Crippen LogP contribution in [0.4, 0.5) is 10.1 Å². The van der Waals surface area contributed by atoms with E-state index < -0.39 is 5.82 Å². The van der Waals surface area contributed by atoms with Gasteiger partial charge >= 0.3 is 0 Å². The van der Waals surface area contributed by atoms with E-state index in [-0.39, 0.29) is 23.7 Å². The summed E-state index contributed by atoms with van der Waals surface area (Å²) in [6.07, 6.45) is 7.17. The molecule has 2 aromatic carbocycles. The highest BCUT2D eigenvalue weighted by atomic mass is 35.5. The van der Waals surface area contributed by atoms with Crippen molar-refractivity contribution in [2.45, 2.75) is 38.7 Å². The molecule has 6 heteroatoms. The largest absolute Gasteiger partial charge is 0.487 e. The third kappa shape index (κ3) is 4.67. The number of benzene rings is 2. The highest BCUT2D eigenvalue weighted by molar-refractivity contribution is 6.36. The molecule has 31 heavy (non-hydrogen) atoms. The minimum atomic E-state index is -0.435. The lowest BCUT2D eigenvalue weighted by Crippen LogP contribution is -2.42. The fraction of sp³-hybridized carbons (Fsp3) is 0.360. The maximum Gasteiger partial charge on any atom is 0.225 e. The van der Waals surface area contributed by atoms with Crippen molar-refractivity contribution in [2.75, 3.05) is 13.1 Å². The van der Waals surface area contributed by atoms with Crippen LogP contribution in [0.1, 0.15) is 38.2 Å². The smallest absolute Gasteiger partial charge is 0.225 e. The van der Waals surface area contributed by atoms with Gasteiger partial charge in [-0.05, 0) is 44.2 Å². The van der Waals surface area contributed by atoms with Crippen LogP contribution in [0, 0.1) is 11.7 Å². The monoisotopic (exact) mass is 440 g/mol. The summed E-state index contributed by atoms with van der Waals surface area (Å²) in [5.41, 5.74) is 2.77. The number of hydrogen-bond donors (Lipinski definition) is 0. The molecular formula is C25H26ClFN2O2. The molecule has 1 aliphatic carbocycles. The molecule has 4 nitrogen and oxygen atoms in total. The highest BCUT2D eigenvalue weighted by Crippen LogP contribution is 2.39. The van der Waals surface area contributed by atoms with Crippen molar-refractivity contribution in [3.8, 4) is 16.9 Å². The van der Waals surface area contributed by atoms with Crippen LogP contribution in [0.25, 0.3) is 17.2 Å². The Balaban J connectivity index is 1.46. The summed E-state index contributed by atoms with van der Waals surface area (Å²) in [5.74, 6) is 0.285. The van der Waals surface area contributed by atoms with Crippen molar-refractivity contribution in [3.63, 3.8) is 0 Å². The molecule has 1 amide bonds. The van der Waals surface area contributed by atoms with Gasteiger partial charge in [-0.3, -0.25) is 9.79 Å². The third-order valence-corrected chi connectivity index (χ3v) is 6.25. The van der Waals surface area contributed by atoms with Crippen LogP contribution in [0.2, 0.25) is 5.02 Å². The molecule has 0 N–H and O–H groups in total. The molecule has 0 radical (unpaired) electrons. The van der Waals surface area contributed by atoms with Crippen molar-refractivity contribution >= 4 is 36.0 Å². The van der Waals surface area contributed by atoms with Gasteiger partial charge in [-0.1, -0.05) is 42.0 Å². The third-order valence-electron chi connectivity index (χ3n) is 5.87. The molecule has 4 rings (SSSR count). The van der Waals surface area contributed by atoms with Gasteiger partial charge in [0, 0.05) is 43.0 Å². The second-order valence-electron chi connectivity index (χ2n) is 8.09. The molecule has 2 aliphatic rings. The number of carbonyl (C=O) groups excluding carboxylic acids is 1. The first-order chi connectivity index (χ1) is 15.0. The second kappa shape index (κ2) is 9.23. The van der Waals surface area contributed by atoms with Crippen LogP contribution >= 0.6 is 11.6 Å². The fourth-order valence-corrected chi connectivity index (χ4v) is 4.34. The van der Waals surface area contributed by atoms with Gasteiger partial charge < -0.3 is 9.64 Å². The first-order valence-electron chi connectivity index (χ1n) is 10.7. The van der Waals surface area contributed by atoms with Crippen molar-refractivity contribution < 1.29 is 13.9 Å². The average Bonchev–Trinajstić information content (AvgIpc) is 3.61. The zero-order valence-electron chi connectivity index (χ0n) is 17.6. The first kappa shape index (κ1) is 21.6. The van der Waals surface area contributed by atoms with E-state index in [9.17, 15) is 9.18 Å². The number of halogens is 2. The van der Waals surface area contributed by atoms with E-state index in [1.165, 1.54) is 6.07 Å². The van der Waals surface area contributed by atoms with Gasteiger partial charge in [-0.2, -0.15) is 0 Å². The van der Waals surface area contributed by atoms with Crippen LogP contribution < -0.4 is 4.74 Å².